The van der Waals surface area contributed by atoms with Crippen molar-refractivity contribution in [2.75, 3.05) is 13.2 Å². The Balaban J connectivity index is 3.46. The molecular weight excluding hydrogens is 731 g/mol. The van der Waals surface area contributed by atoms with E-state index >= 15 is 0 Å². The summed E-state index contributed by atoms with van der Waals surface area (Å²) in [5.41, 5.74) is 0. The maximum Gasteiger partial charge on any atom is 0.305 e. The minimum absolute atomic E-state index is 0.0119. The van der Waals surface area contributed by atoms with Crippen LogP contribution in [-0.2, 0) is 14.3 Å². The van der Waals surface area contributed by atoms with Crippen LogP contribution >= 0.6 is 0 Å². The molecule has 0 bridgehead atoms. The maximum atomic E-state index is 12.5. The van der Waals surface area contributed by atoms with Crippen molar-refractivity contribution in [1.82, 2.24) is 5.32 Å². The maximum absolute atomic E-state index is 12.5. The van der Waals surface area contributed by atoms with Gasteiger partial charge >= 0.3 is 5.97 Å². The number of amides is 1. The van der Waals surface area contributed by atoms with Crippen LogP contribution in [0.5, 0.6) is 0 Å². The molecule has 0 aromatic carbocycles. The SMILES string of the molecule is CCCCCCCCCCCCCCCCCCCCCC(O)C(CO)NC(=O)CCCCCCCCCCCCCOC(=O)CCCCCCCCCCCCCC. The third kappa shape index (κ3) is 46.2. The number of carbonyl (C=O) groups is 2. The first-order valence-electron chi connectivity index (χ1n) is 26.8. The minimum Gasteiger partial charge on any atom is -0.466 e. The molecule has 59 heavy (non-hydrogen) atoms. The van der Waals surface area contributed by atoms with E-state index in [4.69, 9.17) is 4.74 Å². The Morgan fingerprint density at radius 1 is 0.407 bits per heavy atom. The van der Waals surface area contributed by atoms with E-state index < -0.39 is 12.1 Å². The van der Waals surface area contributed by atoms with Crippen LogP contribution in [0.15, 0.2) is 0 Å². The van der Waals surface area contributed by atoms with Crippen molar-refractivity contribution in [1.29, 1.82) is 0 Å². The van der Waals surface area contributed by atoms with Crippen LogP contribution in [0.3, 0.4) is 0 Å². The molecule has 6 nitrogen and oxygen atoms in total. The van der Waals surface area contributed by atoms with Crippen LogP contribution in [0.2, 0.25) is 0 Å². The monoisotopic (exact) mass is 836 g/mol. The zero-order valence-corrected chi connectivity index (χ0v) is 40.0. The van der Waals surface area contributed by atoms with Gasteiger partial charge in [-0.25, -0.2) is 0 Å². The van der Waals surface area contributed by atoms with Crippen molar-refractivity contribution in [3.05, 3.63) is 0 Å². The number of hydrogen-bond acceptors (Lipinski definition) is 5. The molecule has 0 aliphatic carbocycles. The van der Waals surface area contributed by atoms with E-state index in [1.807, 2.05) is 0 Å². The van der Waals surface area contributed by atoms with E-state index in [9.17, 15) is 19.8 Å². The molecule has 0 spiro atoms. The molecule has 0 saturated heterocycles. The van der Waals surface area contributed by atoms with Gasteiger partial charge in [-0.15, -0.1) is 0 Å². The first-order chi connectivity index (χ1) is 29.0. The molecule has 0 rings (SSSR count). The number of aliphatic hydroxyl groups excluding tert-OH is 2. The van der Waals surface area contributed by atoms with Crippen LogP contribution < -0.4 is 5.32 Å². The van der Waals surface area contributed by atoms with Gasteiger partial charge in [-0.2, -0.15) is 0 Å². The highest BCUT2D eigenvalue weighted by Gasteiger charge is 2.20. The predicted octanol–water partition coefficient (Wildman–Crippen LogP) is 16.0. The first-order valence-corrected chi connectivity index (χ1v) is 26.8. The second-order valence-corrected chi connectivity index (χ2v) is 18.6. The fourth-order valence-electron chi connectivity index (χ4n) is 8.52. The molecule has 0 heterocycles. The fraction of sp³-hybridized carbons (Fsp3) is 0.962. The molecule has 0 saturated carbocycles. The standard InChI is InChI=1S/C53H105NO5/c1-3-5-7-9-11-13-15-17-18-19-20-21-22-23-25-29-33-37-41-45-51(56)50(49-55)54-52(57)46-42-38-34-30-26-24-28-32-36-40-44-48-59-53(58)47-43-39-35-31-27-16-14-12-10-8-6-4-2/h50-51,55-56H,3-49H2,1-2H3,(H,54,57). The van der Waals surface area contributed by atoms with Crippen LogP contribution in [0.25, 0.3) is 0 Å². The zero-order valence-electron chi connectivity index (χ0n) is 40.0. The van der Waals surface area contributed by atoms with Gasteiger partial charge in [0.2, 0.25) is 5.91 Å². The highest BCUT2D eigenvalue weighted by molar-refractivity contribution is 5.76. The number of rotatable bonds is 50. The van der Waals surface area contributed by atoms with Crippen LogP contribution in [0.1, 0.15) is 303 Å². The summed E-state index contributed by atoms with van der Waals surface area (Å²) in [6, 6.07) is -0.554. The smallest absolute Gasteiger partial charge is 0.305 e. The molecule has 3 N–H and O–H groups in total. The lowest BCUT2D eigenvalue weighted by molar-refractivity contribution is -0.143. The fourth-order valence-corrected chi connectivity index (χ4v) is 8.52. The van der Waals surface area contributed by atoms with E-state index in [0.29, 0.717) is 25.9 Å². The first kappa shape index (κ1) is 57.9. The molecular formula is C53H105NO5. The Hall–Kier alpha value is -1.14. The quantitative estimate of drug-likeness (QED) is 0.0419. The Morgan fingerprint density at radius 3 is 1.03 bits per heavy atom. The van der Waals surface area contributed by atoms with Crippen molar-refractivity contribution in [3.63, 3.8) is 0 Å². The Labute approximate surface area is 368 Å². The summed E-state index contributed by atoms with van der Waals surface area (Å²) in [6.07, 6.45) is 55.0. The van der Waals surface area contributed by atoms with Gasteiger partial charge in [0.1, 0.15) is 0 Å². The number of hydrogen-bond donors (Lipinski definition) is 3. The molecule has 1 amide bonds. The summed E-state index contributed by atoms with van der Waals surface area (Å²) >= 11 is 0. The summed E-state index contributed by atoms with van der Waals surface area (Å²) in [5.74, 6) is -0.0622. The largest absolute Gasteiger partial charge is 0.466 e. The van der Waals surface area contributed by atoms with E-state index in [2.05, 4.69) is 19.2 Å². The van der Waals surface area contributed by atoms with Gasteiger partial charge in [-0.05, 0) is 25.7 Å². The normalized spacial score (nSPS) is 12.5. The van der Waals surface area contributed by atoms with Crippen LogP contribution in [0, 0.1) is 0 Å². The molecule has 352 valence electrons. The Morgan fingerprint density at radius 2 is 0.695 bits per heavy atom. The highest BCUT2D eigenvalue weighted by Crippen LogP contribution is 2.17. The topological polar surface area (TPSA) is 95.9 Å². The van der Waals surface area contributed by atoms with Gasteiger partial charge in [0.15, 0.2) is 0 Å². The molecule has 0 radical (unpaired) electrons. The minimum atomic E-state index is -0.675. The second kappa shape index (κ2) is 49.5. The number of nitrogens with one attached hydrogen (secondary N) is 1. The van der Waals surface area contributed by atoms with Crippen LogP contribution in [0.4, 0.5) is 0 Å². The predicted molar refractivity (Wildman–Crippen MR) is 255 cm³/mol. The number of aliphatic hydroxyl groups is 2. The van der Waals surface area contributed by atoms with Gasteiger partial charge in [0, 0.05) is 12.8 Å². The molecule has 0 fully saturated rings. The summed E-state index contributed by atoms with van der Waals surface area (Å²) < 4.78 is 5.45. The van der Waals surface area contributed by atoms with E-state index in [0.717, 1.165) is 57.8 Å². The third-order valence-corrected chi connectivity index (χ3v) is 12.7. The Bertz CT molecular complexity index is 837. The molecule has 0 aliphatic heterocycles. The number of esters is 1. The average molecular weight is 836 g/mol. The lowest BCUT2D eigenvalue weighted by Gasteiger charge is -2.22. The van der Waals surface area contributed by atoms with E-state index in [1.165, 1.54) is 212 Å². The molecule has 2 atom stereocenters. The molecule has 6 heteroatoms. The van der Waals surface area contributed by atoms with Gasteiger partial charge in [0.25, 0.3) is 0 Å². The summed E-state index contributed by atoms with van der Waals surface area (Å²) in [6.45, 7) is 4.93. The van der Waals surface area contributed by atoms with Crippen molar-refractivity contribution in [2.24, 2.45) is 0 Å². The van der Waals surface area contributed by atoms with Crippen molar-refractivity contribution >= 4 is 11.9 Å². The summed E-state index contributed by atoms with van der Waals surface area (Å²) in [7, 11) is 0. The van der Waals surface area contributed by atoms with Crippen molar-refractivity contribution in [3.8, 4) is 0 Å². The second-order valence-electron chi connectivity index (χ2n) is 18.6. The van der Waals surface area contributed by atoms with E-state index in [-0.39, 0.29) is 18.5 Å². The van der Waals surface area contributed by atoms with E-state index in [1.54, 1.807) is 0 Å². The van der Waals surface area contributed by atoms with Gasteiger partial charge < -0.3 is 20.3 Å². The summed E-state index contributed by atoms with van der Waals surface area (Å²) in [5, 5.41) is 23.3. The van der Waals surface area contributed by atoms with Crippen LogP contribution in [-0.4, -0.2) is 47.4 Å². The van der Waals surface area contributed by atoms with Gasteiger partial charge in [-0.1, -0.05) is 264 Å². The number of unbranched alkanes of at least 4 members (excludes halogenated alkanes) is 39. The van der Waals surface area contributed by atoms with Gasteiger partial charge in [0.05, 0.1) is 25.4 Å². The Kier molecular flexibility index (Phi) is 48.6. The molecule has 0 aromatic heterocycles. The van der Waals surface area contributed by atoms with Crippen molar-refractivity contribution in [2.45, 2.75) is 315 Å². The third-order valence-electron chi connectivity index (χ3n) is 12.7. The average Bonchev–Trinajstić information content (AvgIpc) is 3.24. The lowest BCUT2D eigenvalue weighted by Crippen LogP contribution is -2.45. The van der Waals surface area contributed by atoms with Gasteiger partial charge in [-0.3, -0.25) is 9.59 Å². The molecule has 2 unspecified atom stereocenters. The summed E-state index contributed by atoms with van der Waals surface area (Å²) in [4.78, 5) is 24.5. The van der Waals surface area contributed by atoms with Crippen molar-refractivity contribution < 1.29 is 24.5 Å². The zero-order chi connectivity index (χ0) is 43.0. The number of carbonyl (C=O) groups excluding carboxylic acids is 2. The molecule has 0 aromatic rings. The lowest BCUT2D eigenvalue weighted by atomic mass is 10.0. The highest BCUT2D eigenvalue weighted by atomic mass is 16.5. The number of ether oxygens (including phenoxy) is 1. The molecule has 0 aliphatic rings.